The molecule has 0 radical (unpaired) electrons. The van der Waals surface area contributed by atoms with E-state index in [0.29, 0.717) is 24.3 Å². The molecule has 1 aliphatic rings. The van der Waals surface area contributed by atoms with E-state index in [4.69, 9.17) is 0 Å². The van der Waals surface area contributed by atoms with E-state index in [9.17, 15) is 22.0 Å². The summed E-state index contributed by atoms with van der Waals surface area (Å²) in [7, 11) is -4.05. The topological polar surface area (TPSA) is 82.6 Å². The van der Waals surface area contributed by atoms with Gasteiger partial charge in [0.15, 0.2) is 5.13 Å². The predicted molar refractivity (Wildman–Crippen MR) is 92.3 cm³/mol. The Morgan fingerprint density at radius 1 is 1.23 bits per heavy atom. The maximum atomic E-state index is 13.8. The van der Waals surface area contributed by atoms with Crippen LogP contribution in [0, 0.1) is 11.6 Å². The predicted octanol–water partition coefficient (Wildman–Crippen LogP) is 1.37. The molecule has 11 heteroatoms. The van der Waals surface area contributed by atoms with Gasteiger partial charge in [-0.1, -0.05) is 0 Å². The fourth-order valence-electron chi connectivity index (χ4n) is 2.60. The molecule has 7 nitrogen and oxygen atoms in total. The SMILES string of the molecule is O=C(CN1CCN(S(=O)(=O)c2ccc(F)cc2F)CC1)Nc1nccs1. The second kappa shape index (κ2) is 7.74. The summed E-state index contributed by atoms with van der Waals surface area (Å²) in [6, 6.07) is 2.38. The van der Waals surface area contributed by atoms with Gasteiger partial charge in [-0.2, -0.15) is 4.31 Å². The number of sulfonamides is 1. The Kier molecular flexibility index (Phi) is 5.61. The van der Waals surface area contributed by atoms with Crippen molar-refractivity contribution in [3.8, 4) is 0 Å². The molecule has 140 valence electrons. The maximum absolute atomic E-state index is 13.8. The van der Waals surface area contributed by atoms with Crippen molar-refractivity contribution in [1.82, 2.24) is 14.2 Å². The number of carbonyl (C=O) groups excluding carboxylic acids is 1. The number of carbonyl (C=O) groups is 1. The highest BCUT2D eigenvalue weighted by atomic mass is 32.2. The Morgan fingerprint density at radius 2 is 1.96 bits per heavy atom. The lowest BCUT2D eigenvalue weighted by atomic mass is 10.3. The van der Waals surface area contributed by atoms with Gasteiger partial charge in [0, 0.05) is 43.8 Å². The zero-order chi connectivity index (χ0) is 18.7. The number of benzene rings is 1. The van der Waals surface area contributed by atoms with Crippen molar-refractivity contribution < 1.29 is 22.0 Å². The Bertz CT molecular complexity index is 882. The first-order valence-corrected chi connectivity index (χ1v) is 10.0. The van der Waals surface area contributed by atoms with Crippen LogP contribution in [0.25, 0.3) is 0 Å². The van der Waals surface area contributed by atoms with Gasteiger partial charge in [0.25, 0.3) is 0 Å². The van der Waals surface area contributed by atoms with Crippen molar-refractivity contribution in [3.63, 3.8) is 0 Å². The summed E-state index contributed by atoms with van der Waals surface area (Å²) in [5.41, 5.74) is 0. The minimum atomic E-state index is -4.05. The smallest absolute Gasteiger partial charge is 0.246 e. The number of hydrogen-bond donors (Lipinski definition) is 1. The van der Waals surface area contributed by atoms with E-state index < -0.39 is 26.6 Å². The highest BCUT2D eigenvalue weighted by Gasteiger charge is 2.31. The third kappa shape index (κ3) is 4.23. The zero-order valence-corrected chi connectivity index (χ0v) is 15.2. The number of amides is 1. The number of anilines is 1. The molecule has 2 heterocycles. The van der Waals surface area contributed by atoms with Crippen molar-refractivity contribution in [2.45, 2.75) is 4.90 Å². The van der Waals surface area contributed by atoms with Gasteiger partial charge in [0.05, 0.1) is 6.54 Å². The lowest BCUT2D eigenvalue weighted by molar-refractivity contribution is -0.117. The van der Waals surface area contributed by atoms with Crippen LogP contribution in [0.3, 0.4) is 0 Å². The van der Waals surface area contributed by atoms with Crippen LogP contribution in [-0.2, 0) is 14.8 Å². The van der Waals surface area contributed by atoms with E-state index in [0.717, 1.165) is 16.4 Å². The first-order valence-electron chi connectivity index (χ1n) is 7.73. The molecule has 0 spiro atoms. The first-order chi connectivity index (χ1) is 12.4. The minimum absolute atomic E-state index is 0.110. The number of aromatic nitrogens is 1. The fraction of sp³-hybridized carbons (Fsp3) is 0.333. The van der Waals surface area contributed by atoms with E-state index in [-0.39, 0.29) is 25.5 Å². The second-order valence-corrected chi connectivity index (χ2v) is 8.44. The molecule has 0 saturated carbocycles. The maximum Gasteiger partial charge on any atom is 0.246 e. The number of nitrogens with zero attached hydrogens (tertiary/aromatic N) is 3. The van der Waals surface area contributed by atoms with E-state index in [1.165, 1.54) is 11.3 Å². The molecule has 0 unspecified atom stereocenters. The van der Waals surface area contributed by atoms with Gasteiger partial charge in [-0.05, 0) is 12.1 Å². The normalized spacial score (nSPS) is 16.5. The molecule has 1 saturated heterocycles. The number of rotatable bonds is 5. The highest BCUT2D eigenvalue weighted by molar-refractivity contribution is 7.89. The Morgan fingerprint density at radius 3 is 2.58 bits per heavy atom. The molecule has 1 aliphatic heterocycles. The van der Waals surface area contributed by atoms with Gasteiger partial charge in [-0.3, -0.25) is 9.69 Å². The van der Waals surface area contributed by atoms with E-state index in [1.54, 1.807) is 16.5 Å². The van der Waals surface area contributed by atoms with Crippen molar-refractivity contribution in [1.29, 1.82) is 0 Å². The monoisotopic (exact) mass is 402 g/mol. The van der Waals surface area contributed by atoms with Crippen LogP contribution >= 0.6 is 11.3 Å². The van der Waals surface area contributed by atoms with Crippen LogP contribution < -0.4 is 5.32 Å². The van der Waals surface area contributed by atoms with Crippen LogP contribution in [-0.4, -0.2) is 61.2 Å². The number of halogens is 2. The molecule has 0 aliphatic carbocycles. The molecule has 1 aromatic heterocycles. The summed E-state index contributed by atoms with van der Waals surface area (Å²) in [6.07, 6.45) is 1.58. The Hall–Kier alpha value is -1.95. The van der Waals surface area contributed by atoms with Crippen LogP contribution in [0.1, 0.15) is 0 Å². The molecule has 1 aromatic carbocycles. The van der Waals surface area contributed by atoms with Crippen LogP contribution in [0.4, 0.5) is 13.9 Å². The van der Waals surface area contributed by atoms with Gasteiger partial charge < -0.3 is 5.32 Å². The molecular weight excluding hydrogens is 386 g/mol. The van der Waals surface area contributed by atoms with Crippen molar-refractivity contribution in [2.75, 3.05) is 38.0 Å². The highest BCUT2D eigenvalue weighted by Crippen LogP contribution is 2.21. The van der Waals surface area contributed by atoms with E-state index in [2.05, 4.69) is 10.3 Å². The second-order valence-electron chi connectivity index (χ2n) is 5.64. The lowest BCUT2D eigenvalue weighted by Gasteiger charge is -2.33. The largest absolute Gasteiger partial charge is 0.301 e. The fourth-order valence-corrected chi connectivity index (χ4v) is 4.61. The van der Waals surface area contributed by atoms with Crippen LogP contribution in [0.2, 0.25) is 0 Å². The standard InChI is InChI=1S/C15H16F2N4O3S2/c16-11-1-2-13(12(17)9-11)26(23,24)21-6-4-20(5-7-21)10-14(22)19-15-18-3-8-25-15/h1-3,8-9H,4-7,10H2,(H,18,19,22). The molecule has 26 heavy (non-hydrogen) atoms. The number of thiazole rings is 1. The lowest BCUT2D eigenvalue weighted by Crippen LogP contribution is -2.50. The molecule has 2 aromatic rings. The number of piperazine rings is 1. The average Bonchev–Trinajstić information content (AvgIpc) is 3.07. The van der Waals surface area contributed by atoms with E-state index >= 15 is 0 Å². The molecular formula is C15H16F2N4O3S2. The van der Waals surface area contributed by atoms with Gasteiger partial charge in [-0.25, -0.2) is 22.2 Å². The van der Waals surface area contributed by atoms with Gasteiger partial charge in [0.2, 0.25) is 15.9 Å². The Labute approximate surface area is 153 Å². The van der Waals surface area contributed by atoms with Gasteiger partial charge in [0.1, 0.15) is 16.5 Å². The molecule has 1 amide bonds. The molecule has 1 N–H and O–H groups in total. The van der Waals surface area contributed by atoms with Crippen molar-refractivity contribution >= 4 is 32.4 Å². The summed E-state index contributed by atoms with van der Waals surface area (Å²) in [6.45, 7) is 0.992. The first kappa shape index (κ1) is 18.8. The third-order valence-electron chi connectivity index (χ3n) is 3.89. The average molecular weight is 402 g/mol. The third-order valence-corrected chi connectivity index (χ3v) is 6.51. The summed E-state index contributed by atoms with van der Waals surface area (Å²) in [5.74, 6) is -2.19. The van der Waals surface area contributed by atoms with E-state index in [1.807, 2.05) is 0 Å². The quantitative estimate of drug-likeness (QED) is 0.817. The van der Waals surface area contributed by atoms with Crippen molar-refractivity contribution in [2.24, 2.45) is 0 Å². The molecule has 3 rings (SSSR count). The van der Waals surface area contributed by atoms with Crippen LogP contribution in [0.15, 0.2) is 34.7 Å². The summed E-state index contributed by atoms with van der Waals surface area (Å²) < 4.78 is 53.0. The van der Waals surface area contributed by atoms with Gasteiger partial charge >= 0.3 is 0 Å². The minimum Gasteiger partial charge on any atom is -0.301 e. The molecule has 0 bridgehead atoms. The summed E-state index contributed by atoms with van der Waals surface area (Å²) in [5, 5.41) is 4.91. The van der Waals surface area contributed by atoms with Crippen molar-refractivity contribution in [3.05, 3.63) is 41.4 Å². The molecule has 1 fully saturated rings. The van der Waals surface area contributed by atoms with Crippen LogP contribution in [0.5, 0.6) is 0 Å². The van der Waals surface area contributed by atoms with Gasteiger partial charge in [-0.15, -0.1) is 11.3 Å². The number of nitrogens with one attached hydrogen (secondary N) is 1. The Balaban J connectivity index is 1.58. The summed E-state index contributed by atoms with van der Waals surface area (Å²) in [4.78, 5) is 17.2. The zero-order valence-electron chi connectivity index (χ0n) is 13.6. The summed E-state index contributed by atoms with van der Waals surface area (Å²) >= 11 is 1.31. The molecule has 0 atom stereocenters. The number of hydrogen-bond acceptors (Lipinski definition) is 6.